The van der Waals surface area contributed by atoms with Gasteiger partial charge in [0.1, 0.15) is 0 Å². The van der Waals surface area contributed by atoms with Gasteiger partial charge in [0.2, 0.25) is 11.6 Å². The highest BCUT2D eigenvalue weighted by atomic mass is 16.5. The Morgan fingerprint density at radius 2 is 1.69 bits per heavy atom. The lowest BCUT2D eigenvalue weighted by molar-refractivity contribution is -0.121. The van der Waals surface area contributed by atoms with Crippen molar-refractivity contribution in [1.29, 1.82) is 0 Å². The zero-order valence-corrected chi connectivity index (χ0v) is 9.02. The molecule has 1 aliphatic rings. The zero-order valence-electron chi connectivity index (χ0n) is 9.02. The van der Waals surface area contributed by atoms with Crippen LogP contribution in [0, 0.1) is 5.92 Å². The summed E-state index contributed by atoms with van der Waals surface area (Å²) < 4.78 is 5.17. The Kier molecular flexibility index (Phi) is 3.47. The Morgan fingerprint density at radius 3 is 2.31 bits per heavy atom. The molecule has 1 aromatic carbocycles. The van der Waals surface area contributed by atoms with Crippen LogP contribution in [0.2, 0.25) is 0 Å². The van der Waals surface area contributed by atoms with Gasteiger partial charge in [-0.1, -0.05) is 30.3 Å². The summed E-state index contributed by atoms with van der Waals surface area (Å²) in [6.45, 7) is 1.16. The number of rotatable bonds is 3. The quantitative estimate of drug-likeness (QED) is 0.574. The van der Waals surface area contributed by atoms with Crippen LogP contribution in [-0.2, 0) is 9.53 Å². The monoisotopic (exact) mass is 218 g/mol. The minimum atomic E-state index is -0.368. The van der Waals surface area contributed by atoms with Crippen molar-refractivity contribution in [1.82, 2.24) is 0 Å². The number of hydrogen-bond donors (Lipinski definition) is 0. The number of carbonyl (C=O) groups excluding carboxylic acids is 2. The van der Waals surface area contributed by atoms with Gasteiger partial charge in [0.05, 0.1) is 0 Å². The fourth-order valence-corrected chi connectivity index (χ4v) is 1.88. The Bertz CT molecular complexity index is 377. The van der Waals surface area contributed by atoms with E-state index in [0.717, 1.165) is 0 Å². The van der Waals surface area contributed by atoms with E-state index in [4.69, 9.17) is 4.74 Å². The van der Waals surface area contributed by atoms with Crippen LogP contribution in [0.4, 0.5) is 0 Å². The van der Waals surface area contributed by atoms with E-state index in [2.05, 4.69) is 0 Å². The van der Waals surface area contributed by atoms with Crippen LogP contribution in [0.5, 0.6) is 0 Å². The Morgan fingerprint density at radius 1 is 1.06 bits per heavy atom. The highest BCUT2D eigenvalue weighted by Gasteiger charge is 2.27. The van der Waals surface area contributed by atoms with Crippen LogP contribution in [0.25, 0.3) is 0 Å². The summed E-state index contributed by atoms with van der Waals surface area (Å²) in [5.41, 5.74) is 0.485. The van der Waals surface area contributed by atoms with Crippen molar-refractivity contribution in [2.75, 3.05) is 13.2 Å². The molecule has 0 aliphatic carbocycles. The van der Waals surface area contributed by atoms with Gasteiger partial charge in [0.15, 0.2) is 0 Å². The van der Waals surface area contributed by atoms with Crippen molar-refractivity contribution in [3.8, 4) is 0 Å². The molecule has 16 heavy (non-hydrogen) atoms. The van der Waals surface area contributed by atoms with Gasteiger partial charge in [-0.3, -0.25) is 9.59 Å². The van der Waals surface area contributed by atoms with Crippen molar-refractivity contribution in [2.24, 2.45) is 5.92 Å². The van der Waals surface area contributed by atoms with E-state index in [-0.39, 0.29) is 17.5 Å². The van der Waals surface area contributed by atoms with Crippen molar-refractivity contribution < 1.29 is 14.3 Å². The Labute approximate surface area is 94.4 Å². The molecule has 0 unspecified atom stereocenters. The van der Waals surface area contributed by atoms with E-state index in [9.17, 15) is 9.59 Å². The summed E-state index contributed by atoms with van der Waals surface area (Å²) in [7, 11) is 0. The molecule has 0 spiro atoms. The number of carbonyl (C=O) groups is 2. The number of benzene rings is 1. The normalized spacial score (nSPS) is 17.0. The number of ether oxygens (including phenoxy) is 1. The molecule has 3 nitrogen and oxygen atoms in total. The maximum Gasteiger partial charge on any atom is 0.228 e. The lowest BCUT2D eigenvalue weighted by atomic mass is 9.90. The highest BCUT2D eigenvalue weighted by Crippen LogP contribution is 2.17. The molecule has 0 N–H and O–H groups in total. The first-order chi connectivity index (χ1) is 7.79. The smallest absolute Gasteiger partial charge is 0.228 e. The summed E-state index contributed by atoms with van der Waals surface area (Å²) >= 11 is 0. The molecule has 0 bridgehead atoms. The Balaban J connectivity index is 2.07. The molecular weight excluding hydrogens is 204 g/mol. The van der Waals surface area contributed by atoms with Gasteiger partial charge in [-0.25, -0.2) is 0 Å². The summed E-state index contributed by atoms with van der Waals surface area (Å²) in [5.74, 6) is -0.788. The first-order valence-electron chi connectivity index (χ1n) is 5.50. The van der Waals surface area contributed by atoms with E-state index in [1.807, 2.05) is 6.07 Å². The van der Waals surface area contributed by atoms with E-state index >= 15 is 0 Å². The molecule has 1 heterocycles. The molecule has 2 rings (SSSR count). The topological polar surface area (TPSA) is 43.4 Å². The summed E-state index contributed by atoms with van der Waals surface area (Å²) in [6.07, 6.45) is 1.33. The van der Waals surface area contributed by atoms with E-state index in [0.29, 0.717) is 31.6 Å². The minimum absolute atomic E-state index is 0.151. The summed E-state index contributed by atoms with van der Waals surface area (Å²) in [6, 6.07) is 8.73. The van der Waals surface area contributed by atoms with Gasteiger partial charge in [-0.2, -0.15) is 0 Å². The van der Waals surface area contributed by atoms with Gasteiger partial charge in [-0.15, -0.1) is 0 Å². The van der Waals surface area contributed by atoms with Gasteiger partial charge >= 0.3 is 0 Å². The third kappa shape index (κ3) is 2.36. The van der Waals surface area contributed by atoms with Gasteiger partial charge in [0.25, 0.3) is 0 Å². The maximum absolute atomic E-state index is 11.9. The fraction of sp³-hybridized carbons (Fsp3) is 0.385. The summed E-state index contributed by atoms with van der Waals surface area (Å²) in [4.78, 5) is 23.7. The molecule has 1 saturated heterocycles. The van der Waals surface area contributed by atoms with Gasteiger partial charge in [0, 0.05) is 24.7 Å². The molecule has 0 radical (unpaired) electrons. The van der Waals surface area contributed by atoms with E-state index in [1.54, 1.807) is 24.3 Å². The third-order valence-corrected chi connectivity index (χ3v) is 2.85. The average molecular weight is 218 g/mol. The SMILES string of the molecule is O=C(C(=O)C1CCOCC1)c1ccccc1. The number of Topliss-reactive ketones (excluding diaryl/α,β-unsaturated/α-hetero) is 2. The Hall–Kier alpha value is -1.48. The maximum atomic E-state index is 11.9. The van der Waals surface area contributed by atoms with Crippen LogP contribution in [0.3, 0.4) is 0 Å². The molecule has 0 aromatic heterocycles. The largest absolute Gasteiger partial charge is 0.381 e. The lowest BCUT2D eigenvalue weighted by Gasteiger charge is -2.19. The second kappa shape index (κ2) is 5.03. The molecule has 3 heteroatoms. The second-order valence-electron chi connectivity index (χ2n) is 3.95. The van der Waals surface area contributed by atoms with Crippen LogP contribution in [0.15, 0.2) is 30.3 Å². The molecule has 1 fully saturated rings. The predicted molar refractivity (Wildman–Crippen MR) is 59.3 cm³/mol. The fourth-order valence-electron chi connectivity index (χ4n) is 1.88. The molecule has 0 atom stereocenters. The molecule has 0 saturated carbocycles. The van der Waals surface area contributed by atoms with Gasteiger partial charge < -0.3 is 4.74 Å². The standard InChI is InChI=1S/C13H14O3/c14-12(10-4-2-1-3-5-10)13(15)11-6-8-16-9-7-11/h1-5,11H,6-9H2. The number of hydrogen-bond acceptors (Lipinski definition) is 3. The van der Waals surface area contributed by atoms with Crippen molar-refractivity contribution in [3.05, 3.63) is 35.9 Å². The predicted octanol–water partition coefficient (Wildman–Crippen LogP) is 1.86. The molecule has 0 amide bonds. The lowest BCUT2D eigenvalue weighted by Crippen LogP contribution is -2.29. The molecular formula is C13H14O3. The van der Waals surface area contributed by atoms with Crippen LogP contribution in [-0.4, -0.2) is 24.8 Å². The summed E-state index contributed by atoms with van der Waals surface area (Å²) in [5, 5.41) is 0. The van der Waals surface area contributed by atoms with Gasteiger partial charge in [-0.05, 0) is 12.8 Å². The third-order valence-electron chi connectivity index (χ3n) is 2.85. The average Bonchev–Trinajstić information content (AvgIpc) is 2.39. The molecule has 84 valence electrons. The molecule has 1 aromatic rings. The van der Waals surface area contributed by atoms with Crippen LogP contribution in [0.1, 0.15) is 23.2 Å². The van der Waals surface area contributed by atoms with Crippen molar-refractivity contribution >= 4 is 11.6 Å². The van der Waals surface area contributed by atoms with E-state index in [1.165, 1.54) is 0 Å². The first-order valence-corrected chi connectivity index (χ1v) is 5.50. The van der Waals surface area contributed by atoms with Crippen molar-refractivity contribution in [2.45, 2.75) is 12.8 Å². The van der Waals surface area contributed by atoms with E-state index < -0.39 is 0 Å². The second-order valence-corrected chi connectivity index (χ2v) is 3.95. The molecule has 1 aliphatic heterocycles. The minimum Gasteiger partial charge on any atom is -0.381 e. The van der Waals surface area contributed by atoms with Crippen LogP contribution < -0.4 is 0 Å². The van der Waals surface area contributed by atoms with Crippen LogP contribution >= 0.6 is 0 Å². The zero-order chi connectivity index (χ0) is 11.4. The number of ketones is 2. The highest BCUT2D eigenvalue weighted by molar-refractivity contribution is 6.44. The van der Waals surface area contributed by atoms with Crippen molar-refractivity contribution in [3.63, 3.8) is 0 Å². The first kappa shape index (κ1) is 11.0.